The van der Waals surface area contributed by atoms with Gasteiger partial charge in [-0.1, -0.05) is 24.3 Å². The zero-order valence-corrected chi connectivity index (χ0v) is 10.9. The highest BCUT2D eigenvalue weighted by Gasteiger charge is 2.09. The minimum absolute atomic E-state index is 0.257. The van der Waals surface area contributed by atoms with Gasteiger partial charge < -0.3 is 9.47 Å². The van der Waals surface area contributed by atoms with Gasteiger partial charge in [0.05, 0.1) is 6.07 Å². The lowest BCUT2D eigenvalue weighted by molar-refractivity contribution is -0.145. The van der Waals surface area contributed by atoms with Crippen molar-refractivity contribution in [2.24, 2.45) is 0 Å². The molecule has 0 saturated carbocycles. The van der Waals surface area contributed by atoms with Crippen molar-refractivity contribution in [1.82, 2.24) is 0 Å². The number of unbranched alkanes of at least 4 members (excludes halogenated alkanes) is 1. The Kier molecular flexibility index (Phi) is 6.81. The van der Waals surface area contributed by atoms with E-state index in [-0.39, 0.29) is 12.6 Å². The average Bonchev–Trinajstić information content (AvgIpc) is 2.41. The minimum Gasteiger partial charge on any atom is -0.489 e. The van der Waals surface area contributed by atoms with Crippen molar-refractivity contribution in [3.8, 4) is 11.8 Å². The lowest BCUT2D eigenvalue weighted by atomic mass is 10.2. The molecule has 100 valence electrons. The SMILES string of the molecule is CC(=O)OC(C=CCCC#N)COc1ccccc1. The Hall–Kier alpha value is -2.28. The van der Waals surface area contributed by atoms with Crippen LogP contribution in [0.4, 0.5) is 0 Å². The maximum atomic E-state index is 11.0. The van der Waals surface area contributed by atoms with E-state index in [1.54, 1.807) is 6.08 Å². The number of nitriles is 1. The Balaban J connectivity index is 2.47. The number of rotatable bonds is 7. The highest BCUT2D eigenvalue weighted by atomic mass is 16.6. The molecule has 1 unspecified atom stereocenters. The fourth-order valence-corrected chi connectivity index (χ4v) is 1.43. The first-order valence-electron chi connectivity index (χ1n) is 6.11. The van der Waals surface area contributed by atoms with Crippen LogP contribution in [0.2, 0.25) is 0 Å². The van der Waals surface area contributed by atoms with E-state index in [1.165, 1.54) is 6.92 Å². The second kappa shape index (κ2) is 8.76. The third-order valence-electron chi connectivity index (χ3n) is 2.25. The molecule has 0 heterocycles. The highest BCUT2D eigenvalue weighted by Crippen LogP contribution is 2.10. The highest BCUT2D eigenvalue weighted by molar-refractivity contribution is 5.66. The van der Waals surface area contributed by atoms with Gasteiger partial charge in [-0.05, 0) is 24.6 Å². The van der Waals surface area contributed by atoms with Gasteiger partial charge in [-0.25, -0.2) is 0 Å². The molecule has 4 nitrogen and oxygen atoms in total. The van der Waals surface area contributed by atoms with Gasteiger partial charge in [0.25, 0.3) is 0 Å². The van der Waals surface area contributed by atoms with E-state index in [2.05, 4.69) is 0 Å². The van der Waals surface area contributed by atoms with Crippen molar-refractivity contribution in [2.75, 3.05) is 6.61 Å². The third kappa shape index (κ3) is 6.89. The Morgan fingerprint density at radius 2 is 2.16 bits per heavy atom. The van der Waals surface area contributed by atoms with Gasteiger partial charge >= 0.3 is 5.97 Å². The summed E-state index contributed by atoms with van der Waals surface area (Å²) in [5.41, 5.74) is 0. The van der Waals surface area contributed by atoms with Crippen LogP contribution in [-0.4, -0.2) is 18.7 Å². The van der Waals surface area contributed by atoms with Gasteiger partial charge in [-0.15, -0.1) is 0 Å². The summed E-state index contributed by atoms with van der Waals surface area (Å²) in [6.45, 7) is 1.62. The zero-order chi connectivity index (χ0) is 13.9. The molecule has 1 rings (SSSR count). The Bertz CT molecular complexity index is 448. The molecule has 1 atom stereocenters. The Morgan fingerprint density at radius 1 is 1.42 bits per heavy atom. The number of benzene rings is 1. The maximum absolute atomic E-state index is 11.0. The van der Waals surface area contributed by atoms with Gasteiger partial charge in [-0.2, -0.15) is 5.26 Å². The van der Waals surface area contributed by atoms with Crippen molar-refractivity contribution in [2.45, 2.75) is 25.9 Å². The zero-order valence-electron chi connectivity index (χ0n) is 10.9. The van der Waals surface area contributed by atoms with Gasteiger partial charge in [-0.3, -0.25) is 4.79 Å². The van der Waals surface area contributed by atoms with Crippen LogP contribution in [0, 0.1) is 11.3 Å². The van der Waals surface area contributed by atoms with Crippen LogP contribution in [0.25, 0.3) is 0 Å². The molecule has 0 N–H and O–H groups in total. The van der Waals surface area contributed by atoms with Crippen LogP contribution in [0.3, 0.4) is 0 Å². The van der Waals surface area contributed by atoms with E-state index >= 15 is 0 Å². The van der Waals surface area contributed by atoms with Crippen molar-refractivity contribution in [3.05, 3.63) is 42.5 Å². The van der Waals surface area contributed by atoms with Crippen LogP contribution in [0.1, 0.15) is 19.8 Å². The molecule has 0 radical (unpaired) electrons. The summed E-state index contributed by atoms with van der Waals surface area (Å²) in [6.07, 6.45) is 4.23. The number of carbonyl (C=O) groups excluding carboxylic acids is 1. The van der Waals surface area contributed by atoms with E-state index < -0.39 is 6.10 Å². The topological polar surface area (TPSA) is 59.3 Å². The molecule has 0 aliphatic rings. The van der Waals surface area contributed by atoms with E-state index in [4.69, 9.17) is 14.7 Å². The van der Waals surface area contributed by atoms with E-state index in [1.807, 2.05) is 42.5 Å². The summed E-state index contributed by atoms with van der Waals surface area (Å²) >= 11 is 0. The van der Waals surface area contributed by atoms with Crippen LogP contribution in [0.15, 0.2) is 42.5 Å². The number of nitrogens with zero attached hydrogens (tertiary/aromatic N) is 1. The number of allylic oxidation sites excluding steroid dienone is 1. The summed E-state index contributed by atoms with van der Waals surface area (Å²) in [5.74, 6) is 0.372. The molecule has 0 aliphatic heterocycles. The second-order valence-corrected chi connectivity index (χ2v) is 3.90. The molecule has 0 amide bonds. The summed E-state index contributed by atoms with van der Waals surface area (Å²) in [6, 6.07) is 11.4. The Morgan fingerprint density at radius 3 is 2.79 bits per heavy atom. The minimum atomic E-state index is -0.434. The lowest BCUT2D eigenvalue weighted by Gasteiger charge is -2.14. The molecule has 0 spiro atoms. The Labute approximate surface area is 113 Å². The van der Waals surface area contributed by atoms with E-state index in [9.17, 15) is 4.79 Å². The molecule has 0 fully saturated rings. The van der Waals surface area contributed by atoms with Crippen LogP contribution in [-0.2, 0) is 9.53 Å². The number of hydrogen-bond acceptors (Lipinski definition) is 4. The molecule has 0 aromatic heterocycles. The molecule has 0 saturated heterocycles. The number of carbonyl (C=O) groups is 1. The van der Waals surface area contributed by atoms with Crippen LogP contribution in [0.5, 0.6) is 5.75 Å². The van der Waals surface area contributed by atoms with Gasteiger partial charge in [0.2, 0.25) is 0 Å². The molecule has 1 aromatic rings. The first-order valence-corrected chi connectivity index (χ1v) is 6.11. The monoisotopic (exact) mass is 259 g/mol. The van der Waals surface area contributed by atoms with Gasteiger partial charge in [0, 0.05) is 13.3 Å². The van der Waals surface area contributed by atoms with Crippen molar-refractivity contribution < 1.29 is 14.3 Å². The largest absolute Gasteiger partial charge is 0.489 e. The molecular formula is C15H17NO3. The quantitative estimate of drug-likeness (QED) is 0.429. The molecule has 19 heavy (non-hydrogen) atoms. The number of hydrogen-bond donors (Lipinski definition) is 0. The third-order valence-corrected chi connectivity index (χ3v) is 2.25. The maximum Gasteiger partial charge on any atom is 0.303 e. The fraction of sp³-hybridized carbons (Fsp3) is 0.333. The predicted octanol–water partition coefficient (Wildman–Crippen LogP) is 2.86. The summed E-state index contributed by atoms with van der Waals surface area (Å²) < 4.78 is 10.7. The normalized spacial score (nSPS) is 11.8. The number of ether oxygens (including phenoxy) is 2. The number of esters is 1. The van der Waals surface area contributed by atoms with Crippen LogP contribution >= 0.6 is 0 Å². The fourth-order valence-electron chi connectivity index (χ4n) is 1.43. The standard InChI is InChI=1S/C15H17NO3/c1-13(17)19-15(10-6-3-7-11-16)12-18-14-8-4-2-5-9-14/h2,4-6,8-10,15H,3,7,12H2,1H3. The average molecular weight is 259 g/mol. The summed E-state index contributed by atoms with van der Waals surface area (Å²) in [5, 5.41) is 8.44. The smallest absolute Gasteiger partial charge is 0.303 e. The van der Waals surface area contributed by atoms with Gasteiger partial charge in [0.15, 0.2) is 6.10 Å². The van der Waals surface area contributed by atoms with Gasteiger partial charge in [0.1, 0.15) is 12.4 Å². The van der Waals surface area contributed by atoms with Crippen molar-refractivity contribution >= 4 is 5.97 Å². The lowest BCUT2D eigenvalue weighted by Crippen LogP contribution is -2.21. The summed E-state index contributed by atoms with van der Waals surface area (Å²) in [7, 11) is 0. The molecule has 0 bridgehead atoms. The van der Waals surface area contributed by atoms with Crippen molar-refractivity contribution in [1.29, 1.82) is 5.26 Å². The number of para-hydroxylation sites is 1. The molecular weight excluding hydrogens is 242 g/mol. The van der Waals surface area contributed by atoms with E-state index in [0.29, 0.717) is 12.8 Å². The second-order valence-electron chi connectivity index (χ2n) is 3.90. The van der Waals surface area contributed by atoms with E-state index in [0.717, 1.165) is 5.75 Å². The first kappa shape index (κ1) is 14.8. The predicted molar refractivity (Wildman–Crippen MR) is 71.5 cm³/mol. The molecule has 4 heteroatoms. The molecule has 1 aromatic carbocycles. The summed E-state index contributed by atoms with van der Waals surface area (Å²) in [4.78, 5) is 11.0. The first-order chi connectivity index (χ1) is 9.22. The van der Waals surface area contributed by atoms with Crippen molar-refractivity contribution in [3.63, 3.8) is 0 Å². The molecule has 0 aliphatic carbocycles. The van der Waals surface area contributed by atoms with Crippen LogP contribution < -0.4 is 4.74 Å².